The van der Waals surface area contributed by atoms with E-state index in [-0.39, 0.29) is 18.4 Å². The largest absolute Gasteiger partial charge is 0.495 e. The van der Waals surface area contributed by atoms with Crippen LogP contribution in [-0.2, 0) is 0 Å². The van der Waals surface area contributed by atoms with Gasteiger partial charge in [-0.3, -0.25) is 0 Å². The molecule has 0 saturated carbocycles. The van der Waals surface area contributed by atoms with Gasteiger partial charge in [0.25, 0.3) is 0 Å². The molecule has 1 heterocycles. The second-order valence-electron chi connectivity index (χ2n) is 3.43. The lowest BCUT2D eigenvalue weighted by Gasteiger charge is -2.12. The summed E-state index contributed by atoms with van der Waals surface area (Å²) in [6.45, 7) is 0. The number of rotatable bonds is 3. The first-order valence-electron chi connectivity index (χ1n) is 4.83. The van der Waals surface area contributed by atoms with Crippen molar-refractivity contribution in [3.8, 4) is 5.75 Å². The van der Waals surface area contributed by atoms with Crippen LogP contribution in [0.15, 0.2) is 35.0 Å². The number of hydrogen-bond acceptors (Lipinski definition) is 3. The van der Waals surface area contributed by atoms with Gasteiger partial charge in [0.1, 0.15) is 5.75 Å². The lowest BCUT2D eigenvalue weighted by Crippen LogP contribution is -2.10. The summed E-state index contributed by atoms with van der Waals surface area (Å²) < 4.78 is 5.17. The maximum absolute atomic E-state index is 6.14. The maximum Gasteiger partial charge on any atom is 0.137 e. The maximum atomic E-state index is 6.14. The summed E-state index contributed by atoms with van der Waals surface area (Å²) in [7, 11) is 1.60. The highest BCUT2D eigenvalue weighted by Crippen LogP contribution is 2.29. The van der Waals surface area contributed by atoms with Gasteiger partial charge >= 0.3 is 0 Å². The molecule has 0 spiro atoms. The summed E-state index contributed by atoms with van der Waals surface area (Å²) in [6, 6.07) is 7.51. The third-order valence-electron chi connectivity index (χ3n) is 2.44. The first-order valence-corrected chi connectivity index (χ1v) is 6.15. The van der Waals surface area contributed by atoms with Crippen molar-refractivity contribution < 1.29 is 4.74 Å². The Morgan fingerprint density at radius 2 is 2.06 bits per heavy atom. The van der Waals surface area contributed by atoms with Gasteiger partial charge in [0.2, 0.25) is 0 Å². The number of benzene rings is 1. The van der Waals surface area contributed by atoms with Crippen LogP contribution in [0.1, 0.15) is 17.2 Å². The van der Waals surface area contributed by atoms with Gasteiger partial charge in [-0.25, -0.2) is 0 Å². The van der Waals surface area contributed by atoms with Crippen LogP contribution in [0.25, 0.3) is 0 Å². The molecule has 0 unspecified atom stereocenters. The predicted octanol–water partition coefficient (Wildman–Crippen LogP) is 3.88. The molecule has 92 valence electrons. The molecule has 0 amide bonds. The molecule has 2 nitrogen and oxygen atoms in total. The minimum atomic E-state index is -0.127. The lowest BCUT2D eigenvalue weighted by molar-refractivity contribution is 0.414. The van der Waals surface area contributed by atoms with Gasteiger partial charge < -0.3 is 10.5 Å². The van der Waals surface area contributed by atoms with Crippen LogP contribution in [0.5, 0.6) is 5.75 Å². The lowest BCUT2D eigenvalue weighted by atomic mass is 10.0. The molecule has 2 N–H and O–H groups in total. The van der Waals surface area contributed by atoms with Crippen LogP contribution in [0.4, 0.5) is 0 Å². The van der Waals surface area contributed by atoms with E-state index in [0.717, 1.165) is 11.1 Å². The third-order valence-corrected chi connectivity index (χ3v) is 3.45. The molecule has 0 aliphatic heterocycles. The van der Waals surface area contributed by atoms with E-state index >= 15 is 0 Å². The second-order valence-corrected chi connectivity index (χ2v) is 4.62. The minimum Gasteiger partial charge on any atom is -0.495 e. The van der Waals surface area contributed by atoms with E-state index in [1.165, 1.54) is 0 Å². The molecule has 2 aromatic rings. The van der Waals surface area contributed by atoms with E-state index in [0.29, 0.717) is 10.8 Å². The molecule has 5 heteroatoms. The van der Waals surface area contributed by atoms with Crippen molar-refractivity contribution >= 4 is 35.3 Å². The van der Waals surface area contributed by atoms with Gasteiger partial charge in [-0.1, -0.05) is 17.7 Å². The van der Waals surface area contributed by atoms with Crippen molar-refractivity contribution in [1.29, 1.82) is 0 Å². The van der Waals surface area contributed by atoms with E-state index in [1.807, 2.05) is 35.0 Å². The zero-order valence-electron chi connectivity index (χ0n) is 9.22. The zero-order valence-corrected chi connectivity index (χ0v) is 11.6. The molecule has 2 rings (SSSR count). The molecule has 0 bridgehead atoms. The highest BCUT2D eigenvalue weighted by Gasteiger charge is 2.11. The Hall–Kier alpha value is -0.740. The molecule has 0 aliphatic carbocycles. The van der Waals surface area contributed by atoms with Gasteiger partial charge in [-0.15, -0.1) is 12.4 Å². The molecule has 1 aromatic heterocycles. The van der Waals surface area contributed by atoms with Crippen molar-refractivity contribution in [2.45, 2.75) is 6.04 Å². The number of ether oxygens (including phenoxy) is 1. The van der Waals surface area contributed by atoms with Crippen LogP contribution < -0.4 is 10.5 Å². The van der Waals surface area contributed by atoms with E-state index in [9.17, 15) is 0 Å². The molecular weight excluding hydrogens is 277 g/mol. The van der Waals surface area contributed by atoms with Crippen LogP contribution in [0.3, 0.4) is 0 Å². The molecule has 1 atom stereocenters. The fourth-order valence-electron chi connectivity index (χ4n) is 1.51. The molecule has 0 radical (unpaired) electrons. The molecule has 1 aromatic carbocycles. The summed E-state index contributed by atoms with van der Waals surface area (Å²) >= 11 is 7.60. The fourth-order valence-corrected chi connectivity index (χ4v) is 2.41. The van der Waals surface area contributed by atoms with Crippen molar-refractivity contribution in [2.75, 3.05) is 7.11 Å². The normalized spacial score (nSPS) is 11.7. The SMILES string of the molecule is COc1cc([C@H](N)c2ccsc2)ccc1Cl.Cl. The summed E-state index contributed by atoms with van der Waals surface area (Å²) in [5, 5.41) is 4.66. The highest BCUT2D eigenvalue weighted by atomic mass is 35.5. The summed E-state index contributed by atoms with van der Waals surface area (Å²) in [6.07, 6.45) is 0. The van der Waals surface area contributed by atoms with Crippen molar-refractivity contribution in [3.05, 3.63) is 51.2 Å². The van der Waals surface area contributed by atoms with Crippen LogP contribution in [-0.4, -0.2) is 7.11 Å². The average Bonchev–Trinajstić information content (AvgIpc) is 2.82. The Morgan fingerprint density at radius 1 is 1.29 bits per heavy atom. The predicted molar refractivity (Wildman–Crippen MR) is 75.6 cm³/mol. The van der Waals surface area contributed by atoms with Gasteiger partial charge in [0, 0.05) is 0 Å². The smallest absolute Gasteiger partial charge is 0.137 e. The van der Waals surface area contributed by atoms with Crippen LogP contribution in [0.2, 0.25) is 5.02 Å². The third kappa shape index (κ3) is 3.13. The van der Waals surface area contributed by atoms with E-state index < -0.39 is 0 Å². The second kappa shape index (κ2) is 6.26. The number of methoxy groups -OCH3 is 1. The monoisotopic (exact) mass is 289 g/mol. The van der Waals surface area contributed by atoms with Gasteiger partial charge in [0.15, 0.2) is 0 Å². The quantitative estimate of drug-likeness (QED) is 0.931. The number of hydrogen-bond donors (Lipinski definition) is 1. The summed E-state index contributed by atoms with van der Waals surface area (Å²) in [5.74, 6) is 0.657. The Bertz CT molecular complexity index is 473. The molecule has 17 heavy (non-hydrogen) atoms. The summed E-state index contributed by atoms with van der Waals surface area (Å²) in [5.41, 5.74) is 8.25. The van der Waals surface area contributed by atoms with E-state index in [2.05, 4.69) is 0 Å². The van der Waals surface area contributed by atoms with Gasteiger partial charge in [-0.2, -0.15) is 11.3 Å². The van der Waals surface area contributed by atoms with Crippen LogP contribution >= 0.6 is 35.3 Å². The Labute approximate surface area is 116 Å². The minimum absolute atomic E-state index is 0. The molecule has 0 fully saturated rings. The fraction of sp³-hybridized carbons (Fsp3) is 0.167. The van der Waals surface area contributed by atoms with E-state index in [4.69, 9.17) is 22.1 Å². The van der Waals surface area contributed by atoms with Gasteiger partial charge in [-0.05, 0) is 40.1 Å². The standard InChI is InChI=1S/C12H12ClNOS.ClH/c1-15-11-6-8(2-3-10(11)13)12(14)9-4-5-16-7-9;/h2-7,12H,14H2,1H3;1H/t12-;/m0./s1. The van der Waals surface area contributed by atoms with Gasteiger partial charge in [0.05, 0.1) is 18.2 Å². The Morgan fingerprint density at radius 3 is 2.65 bits per heavy atom. The first kappa shape index (κ1) is 14.3. The number of thiophene rings is 1. The molecule has 0 aliphatic rings. The molecule has 0 saturated heterocycles. The van der Waals surface area contributed by atoms with E-state index in [1.54, 1.807) is 18.4 Å². The van der Waals surface area contributed by atoms with Crippen molar-refractivity contribution in [1.82, 2.24) is 0 Å². The average molecular weight is 290 g/mol. The highest BCUT2D eigenvalue weighted by molar-refractivity contribution is 7.08. The topological polar surface area (TPSA) is 35.2 Å². The van der Waals surface area contributed by atoms with Crippen LogP contribution in [0, 0.1) is 0 Å². The van der Waals surface area contributed by atoms with Crippen molar-refractivity contribution in [2.24, 2.45) is 5.73 Å². The zero-order chi connectivity index (χ0) is 11.5. The molecular formula is C12H13Cl2NOS. The first-order chi connectivity index (χ1) is 7.72. The number of halogens is 2. The van der Waals surface area contributed by atoms with Crippen molar-refractivity contribution in [3.63, 3.8) is 0 Å². The summed E-state index contributed by atoms with van der Waals surface area (Å²) in [4.78, 5) is 0. The Kier molecular flexibility index (Phi) is 5.28. The Balaban J connectivity index is 0.00000144. The number of nitrogens with two attached hydrogens (primary N) is 1.